The molecule has 108 valence electrons. The maximum absolute atomic E-state index is 6.26. The molecule has 0 aromatic heterocycles. The van der Waals surface area contributed by atoms with Crippen molar-refractivity contribution >= 4 is 0 Å². The average molecular weight is 264 g/mol. The molecule has 0 N–H and O–H groups in total. The van der Waals surface area contributed by atoms with Gasteiger partial charge < -0.3 is 9.47 Å². The molecule has 0 amide bonds. The Bertz CT molecular complexity index is 442. The topological polar surface area (TPSA) is 18.5 Å². The fraction of sp³-hybridized carbons (Fsp3) is 0.882. The molecule has 0 aromatic carbocycles. The fourth-order valence-electron chi connectivity index (χ4n) is 4.71. The molecule has 2 aliphatic carbocycles. The minimum absolute atomic E-state index is 0.179. The van der Waals surface area contributed by atoms with E-state index >= 15 is 0 Å². The molecule has 3 rings (SSSR count). The van der Waals surface area contributed by atoms with E-state index in [-0.39, 0.29) is 17.6 Å². The summed E-state index contributed by atoms with van der Waals surface area (Å²) in [6.07, 6.45) is 2.72. The van der Waals surface area contributed by atoms with Crippen LogP contribution in [0.1, 0.15) is 61.3 Å². The molecule has 1 saturated heterocycles. The zero-order valence-electron chi connectivity index (χ0n) is 13.5. The summed E-state index contributed by atoms with van der Waals surface area (Å²) >= 11 is 0. The Morgan fingerprint density at radius 1 is 0.947 bits per heavy atom. The third-order valence-corrected chi connectivity index (χ3v) is 6.11. The van der Waals surface area contributed by atoms with Gasteiger partial charge in [-0.05, 0) is 49.0 Å². The van der Waals surface area contributed by atoms with Crippen LogP contribution in [-0.2, 0) is 9.47 Å². The van der Waals surface area contributed by atoms with E-state index in [2.05, 4.69) is 34.6 Å². The SMILES string of the molecule is C[C@H]1C(C)(C)C2=C([C@H]3OC(C)(C)OC3CC2)C1(C)C. The quantitative estimate of drug-likeness (QED) is 0.607. The van der Waals surface area contributed by atoms with Crippen molar-refractivity contribution in [1.29, 1.82) is 0 Å². The van der Waals surface area contributed by atoms with Crippen molar-refractivity contribution in [1.82, 2.24) is 0 Å². The van der Waals surface area contributed by atoms with Crippen molar-refractivity contribution in [2.45, 2.75) is 79.3 Å². The van der Waals surface area contributed by atoms with Crippen LogP contribution in [-0.4, -0.2) is 18.0 Å². The van der Waals surface area contributed by atoms with E-state index in [0.717, 1.165) is 6.42 Å². The van der Waals surface area contributed by atoms with E-state index in [0.29, 0.717) is 11.3 Å². The standard InChI is InChI=1S/C17H28O2/c1-10-15(2,3)11-8-9-12-14(13(11)16(10,4)5)19-17(6,7)18-12/h10,12,14H,8-9H2,1-7H3/t10-,12?,14-/m0/s1. The lowest BCUT2D eigenvalue weighted by Crippen LogP contribution is -2.35. The minimum atomic E-state index is -0.427. The van der Waals surface area contributed by atoms with E-state index in [1.807, 2.05) is 13.8 Å². The largest absolute Gasteiger partial charge is 0.344 e. The molecular formula is C17H28O2. The Morgan fingerprint density at radius 3 is 2.21 bits per heavy atom. The second-order valence-electron chi connectivity index (χ2n) is 8.19. The number of hydrogen-bond donors (Lipinski definition) is 0. The summed E-state index contributed by atoms with van der Waals surface area (Å²) in [7, 11) is 0. The van der Waals surface area contributed by atoms with Crippen LogP contribution in [0, 0.1) is 16.7 Å². The molecule has 19 heavy (non-hydrogen) atoms. The zero-order chi connectivity index (χ0) is 14.2. The molecule has 0 radical (unpaired) electrons. The van der Waals surface area contributed by atoms with E-state index < -0.39 is 5.79 Å². The molecule has 1 fully saturated rings. The molecule has 0 saturated carbocycles. The summed E-state index contributed by atoms with van der Waals surface area (Å²) in [5, 5.41) is 0. The summed E-state index contributed by atoms with van der Waals surface area (Å²) in [5.74, 6) is 0.222. The van der Waals surface area contributed by atoms with Gasteiger partial charge in [-0.25, -0.2) is 0 Å². The molecular weight excluding hydrogens is 236 g/mol. The van der Waals surface area contributed by atoms with Gasteiger partial charge in [-0.1, -0.05) is 40.2 Å². The summed E-state index contributed by atoms with van der Waals surface area (Å²) in [6, 6.07) is 0. The first kappa shape index (κ1) is 13.6. The highest BCUT2D eigenvalue weighted by Gasteiger charge is 2.58. The maximum Gasteiger partial charge on any atom is 0.164 e. The van der Waals surface area contributed by atoms with Crippen LogP contribution < -0.4 is 0 Å². The van der Waals surface area contributed by atoms with Crippen molar-refractivity contribution in [3.63, 3.8) is 0 Å². The predicted octanol–water partition coefficient (Wildman–Crippen LogP) is 4.30. The molecule has 1 aliphatic heterocycles. The van der Waals surface area contributed by atoms with Gasteiger partial charge in [0.15, 0.2) is 5.79 Å². The molecule has 2 heteroatoms. The first-order valence-corrected chi connectivity index (χ1v) is 7.67. The van der Waals surface area contributed by atoms with E-state index in [1.165, 1.54) is 6.42 Å². The first-order chi connectivity index (χ1) is 8.57. The number of ether oxygens (including phenoxy) is 2. The van der Waals surface area contributed by atoms with Crippen molar-refractivity contribution < 1.29 is 9.47 Å². The van der Waals surface area contributed by atoms with Gasteiger partial charge in [0.05, 0.1) is 6.10 Å². The molecule has 1 heterocycles. The molecule has 3 aliphatic rings. The van der Waals surface area contributed by atoms with E-state index in [4.69, 9.17) is 9.47 Å². The van der Waals surface area contributed by atoms with Gasteiger partial charge in [-0.2, -0.15) is 0 Å². The highest BCUT2D eigenvalue weighted by atomic mass is 16.7. The fourth-order valence-corrected chi connectivity index (χ4v) is 4.71. The lowest BCUT2D eigenvalue weighted by Gasteiger charge is -2.36. The van der Waals surface area contributed by atoms with Gasteiger partial charge in [0.2, 0.25) is 0 Å². The van der Waals surface area contributed by atoms with Gasteiger partial charge >= 0.3 is 0 Å². The van der Waals surface area contributed by atoms with E-state index in [1.54, 1.807) is 11.1 Å². The molecule has 0 bridgehead atoms. The van der Waals surface area contributed by atoms with Crippen LogP contribution in [0.5, 0.6) is 0 Å². The smallest absolute Gasteiger partial charge is 0.164 e. The Morgan fingerprint density at radius 2 is 1.58 bits per heavy atom. The lowest BCUT2D eigenvalue weighted by atomic mass is 9.69. The highest BCUT2D eigenvalue weighted by molar-refractivity contribution is 5.40. The highest BCUT2D eigenvalue weighted by Crippen LogP contribution is 2.62. The van der Waals surface area contributed by atoms with Gasteiger partial charge in [-0.15, -0.1) is 0 Å². The Kier molecular flexibility index (Phi) is 2.62. The summed E-state index contributed by atoms with van der Waals surface area (Å²) < 4.78 is 12.4. The van der Waals surface area contributed by atoms with Crippen LogP contribution in [0.2, 0.25) is 0 Å². The summed E-state index contributed by atoms with van der Waals surface area (Å²) in [4.78, 5) is 0. The van der Waals surface area contributed by atoms with Crippen LogP contribution in [0.3, 0.4) is 0 Å². The number of rotatable bonds is 0. The molecule has 2 nitrogen and oxygen atoms in total. The Hall–Kier alpha value is -0.340. The summed E-state index contributed by atoms with van der Waals surface area (Å²) in [6.45, 7) is 16.1. The molecule has 3 atom stereocenters. The molecule has 0 spiro atoms. The maximum atomic E-state index is 6.26. The second-order valence-corrected chi connectivity index (χ2v) is 8.19. The van der Waals surface area contributed by atoms with Crippen molar-refractivity contribution in [3.05, 3.63) is 11.1 Å². The van der Waals surface area contributed by atoms with Gasteiger partial charge in [0.1, 0.15) is 6.10 Å². The lowest BCUT2D eigenvalue weighted by molar-refractivity contribution is -0.144. The number of allylic oxidation sites excluding steroid dienone is 1. The van der Waals surface area contributed by atoms with Crippen LogP contribution in [0.25, 0.3) is 0 Å². The molecule has 0 aromatic rings. The number of fused-ring (bicyclic) bond motifs is 2. The van der Waals surface area contributed by atoms with Gasteiger partial charge in [0.25, 0.3) is 0 Å². The monoisotopic (exact) mass is 264 g/mol. The van der Waals surface area contributed by atoms with Crippen molar-refractivity contribution in [2.24, 2.45) is 16.7 Å². The molecule has 1 unspecified atom stereocenters. The van der Waals surface area contributed by atoms with E-state index in [9.17, 15) is 0 Å². The Labute approximate surface area is 117 Å². The first-order valence-electron chi connectivity index (χ1n) is 7.67. The third-order valence-electron chi connectivity index (χ3n) is 6.11. The Balaban J connectivity index is 2.08. The van der Waals surface area contributed by atoms with Crippen molar-refractivity contribution in [2.75, 3.05) is 0 Å². The van der Waals surface area contributed by atoms with Crippen LogP contribution >= 0.6 is 0 Å². The average Bonchev–Trinajstić information content (AvgIpc) is 2.65. The minimum Gasteiger partial charge on any atom is -0.344 e. The third kappa shape index (κ3) is 1.69. The van der Waals surface area contributed by atoms with Crippen LogP contribution in [0.15, 0.2) is 11.1 Å². The number of hydrogen-bond acceptors (Lipinski definition) is 2. The summed E-state index contributed by atoms with van der Waals surface area (Å²) in [5.41, 5.74) is 3.70. The van der Waals surface area contributed by atoms with Gasteiger partial charge in [0, 0.05) is 0 Å². The van der Waals surface area contributed by atoms with Gasteiger partial charge in [-0.3, -0.25) is 0 Å². The normalized spacial score (nSPS) is 42.2. The van der Waals surface area contributed by atoms with Crippen LogP contribution in [0.4, 0.5) is 0 Å². The van der Waals surface area contributed by atoms with Crippen molar-refractivity contribution in [3.8, 4) is 0 Å². The zero-order valence-corrected chi connectivity index (χ0v) is 13.5. The second kappa shape index (κ2) is 3.65. The predicted molar refractivity (Wildman–Crippen MR) is 76.8 cm³/mol.